The largest absolute Gasteiger partial charge is 0.457 e. The summed E-state index contributed by atoms with van der Waals surface area (Å²) in [6, 6.07) is 5.94. The van der Waals surface area contributed by atoms with Crippen LogP contribution in [0.4, 0.5) is 13.6 Å². The number of rotatable bonds is 5. The quantitative estimate of drug-likeness (QED) is 0.383. The summed E-state index contributed by atoms with van der Waals surface area (Å²) in [6.45, 7) is 6.50. The first-order chi connectivity index (χ1) is 20.6. The number of alkyl halides is 2. The Hall–Kier alpha value is -2.87. The van der Waals surface area contributed by atoms with Crippen molar-refractivity contribution in [2.75, 3.05) is 46.3 Å². The summed E-state index contributed by atoms with van der Waals surface area (Å²) in [5.74, 6) is -4.10. The van der Waals surface area contributed by atoms with E-state index in [-0.39, 0.29) is 23.2 Å². The molecule has 2 fully saturated rings. The van der Waals surface area contributed by atoms with Gasteiger partial charge >= 0.3 is 12.1 Å². The highest BCUT2D eigenvalue weighted by Gasteiger charge is 2.49. The lowest BCUT2D eigenvalue weighted by atomic mass is 9.91. The third-order valence-electron chi connectivity index (χ3n) is 8.41. The van der Waals surface area contributed by atoms with Crippen LogP contribution in [0.1, 0.15) is 45.6 Å². The molecule has 0 spiro atoms. The normalized spacial score (nSPS) is 30.3. The number of likely N-dealkylation sites (N-methyl/N-ethyl adjacent to an activating group) is 1. The Balaban J connectivity index is 1.56. The molecule has 3 aliphatic rings. The molecule has 3 heterocycles. The van der Waals surface area contributed by atoms with E-state index in [1.54, 1.807) is 30.0 Å². The van der Waals surface area contributed by atoms with E-state index < -0.39 is 59.4 Å². The smallest absolute Gasteiger partial charge is 0.410 e. The summed E-state index contributed by atoms with van der Waals surface area (Å²) in [6.07, 6.45) is 3.33. The lowest BCUT2D eigenvalue weighted by Gasteiger charge is -2.37. The second kappa shape index (κ2) is 14.1. The van der Waals surface area contributed by atoms with Crippen LogP contribution in [0.5, 0.6) is 0 Å². The number of piperazine rings is 1. The van der Waals surface area contributed by atoms with Gasteiger partial charge in [-0.15, -0.1) is 0 Å². The maximum atomic E-state index is 13.3. The van der Waals surface area contributed by atoms with Crippen molar-refractivity contribution in [3.8, 4) is 0 Å². The molecular weight excluding hydrogens is 596 g/mol. The Bertz CT molecular complexity index is 1350. The summed E-state index contributed by atoms with van der Waals surface area (Å²) in [5, 5.41) is 10.6. The first kappa shape index (κ1) is 34.0. The molecule has 2 saturated heterocycles. The van der Waals surface area contributed by atoms with Crippen LogP contribution in [0, 0.1) is 11.8 Å². The summed E-state index contributed by atoms with van der Waals surface area (Å²) < 4.78 is 64.9. The van der Waals surface area contributed by atoms with Gasteiger partial charge in [-0.3, -0.25) is 4.79 Å². The van der Waals surface area contributed by atoms with Crippen molar-refractivity contribution in [2.24, 2.45) is 11.8 Å². The molecule has 4 rings (SSSR count). The number of benzene rings is 1. The number of nitrogens with zero attached hydrogens (tertiary/aromatic N) is 3. The number of hydrogen-bond donors (Lipinski definition) is 1. The van der Waals surface area contributed by atoms with Crippen LogP contribution in [0.2, 0.25) is 0 Å². The van der Waals surface area contributed by atoms with Crippen LogP contribution in [0.15, 0.2) is 46.9 Å². The minimum atomic E-state index is -4.09. The third-order valence-corrected chi connectivity index (χ3v) is 10.2. The van der Waals surface area contributed by atoms with E-state index in [1.165, 1.54) is 18.2 Å². The fraction of sp³-hybridized carbons (Fsp3) is 0.613. The summed E-state index contributed by atoms with van der Waals surface area (Å²) in [4.78, 5) is 29.5. The van der Waals surface area contributed by atoms with Gasteiger partial charge in [-0.2, -0.15) is 4.31 Å². The molecule has 1 aromatic rings. The first-order valence-corrected chi connectivity index (χ1v) is 16.4. The van der Waals surface area contributed by atoms with Crippen LogP contribution in [0.25, 0.3) is 6.08 Å². The lowest BCUT2D eigenvalue weighted by molar-refractivity contribution is -0.151. The van der Waals surface area contributed by atoms with Crippen molar-refractivity contribution in [1.29, 1.82) is 0 Å². The Morgan fingerprint density at radius 2 is 1.80 bits per heavy atom. The number of sulfonamides is 1. The second-order valence-corrected chi connectivity index (χ2v) is 14.2. The fourth-order valence-corrected chi connectivity index (χ4v) is 7.08. The molecule has 0 aliphatic carbocycles. The summed E-state index contributed by atoms with van der Waals surface area (Å²) in [7, 11) is -2.09. The number of ether oxygens (including phenoxy) is 2. The van der Waals surface area contributed by atoms with E-state index >= 15 is 0 Å². The number of hydrogen-bond acceptors (Lipinski definition) is 8. The van der Waals surface area contributed by atoms with Gasteiger partial charge in [0.05, 0.1) is 30.5 Å². The molecule has 0 saturated carbocycles. The fourth-order valence-electron chi connectivity index (χ4n) is 5.53. The van der Waals surface area contributed by atoms with Crippen molar-refractivity contribution in [2.45, 2.75) is 69.2 Å². The van der Waals surface area contributed by atoms with Gasteiger partial charge in [0.2, 0.25) is 10.0 Å². The van der Waals surface area contributed by atoms with Gasteiger partial charge in [0.25, 0.3) is 5.92 Å². The maximum Gasteiger partial charge on any atom is 0.410 e. The SMILES string of the molecule is C/C(=C\c1cccc(S(=O)(=O)N2CC(F)(F)C2)c1)[C@H]1OC(=O)C[C@H](O)CC[C@H](C)[C@@H](OC(=O)N2CCN(C)CC2)/C=C/[C@@H]1C. The molecule has 1 amide bonds. The monoisotopic (exact) mass is 639 g/mol. The van der Waals surface area contributed by atoms with E-state index in [0.29, 0.717) is 37.1 Å². The molecule has 244 valence electrons. The molecule has 44 heavy (non-hydrogen) atoms. The molecule has 13 heteroatoms. The predicted octanol–water partition coefficient (Wildman–Crippen LogP) is 3.77. The van der Waals surface area contributed by atoms with Crippen molar-refractivity contribution in [3.05, 3.63) is 47.6 Å². The van der Waals surface area contributed by atoms with E-state index in [0.717, 1.165) is 17.4 Å². The molecule has 5 atom stereocenters. The zero-order chi connectivity index (χ0) is 32.2. The topological polar surface area (TPSA) is 117 Å². The van der Waals surface area contributed by atoms with Gasteiger partial charge in [0.1, 0.15) is 12.2 Å². The van der Waals surface area contributed by atoms with E-state index in [4.69, 9.17) is 9.47 Å². The zero-order valence-corrected chi connectivity index (χ0v) is 26.5. The van der Waals surface area contributed by atoms with E-state index in [9.17, 15) is 31.9 Å². The number of cyclic esters (lactones) is 1. The van der Waals surface area contributed by atoms with Gasteiger partial charge in [0.15, 0.2) is 0 Å². The average molecular weight is 640 g/mol. The van der Waals surface area contributed by atoms with Gasteiger partial charge < -0.3 is 24.4 Å². The van der Waals surface area contributed by atoms with E-state index in [2.05, 4.69) is 4.90 Å². The maximum absolute atomic E-state index is 13.3. The third kappa shape index (κ3) is 8.64. The average Bonchev–Trinajstić information content (AvgIpc) is 2.95. The van der Waals surface area contributed by atoms with Crippen molar-refractivity contribution < 1.29 is 41.4 Å². The van der Waals surface area contributed by atoms with Crippen LogP contribution in [-0.2, 0) is 24.3 Å². The van der Waals surface area contributed by atoms with Crippen molar-refractivity contribution in [3.63, 3.8) is 0 Å². The first-order valence-electron chi connectivity index (χ1n) is 15.0. The van der Waals surface area contributed by atoms with Gasteiger partial charge in [0, 0.05) is 32.1 Å². The molecule has 10 nitrogen and oxygen atoms in total. The number of esters is 1. The molecule has 1 N–H and O–H groups in total. The lowest BCUT2D eigenvalue weighted by Crippen LogP contribution is -2.58. The molecule has 1 aromatic carbocycles. The second-order valence-electron chi connectivity index (χ2n) is 12.3. The number of halogens is 2. The Morgan fingerprint density at radius 3 is 2.45 bits per heavy atom. The number of aliphatic hydroxyl groups is 1. The Labute approximate surface area is 258 Å². The number of carbonyl (C=O) groups is 2. The zero-order valence-electron chi connectivity index (χ0n) is 25.7. The number of aliphatic hydroxyl groups excluding tert-OH is 1. The van der Waals surface area contributed by atoms with Gasteiger partial charge in [-0.1, -0.05) is 38.1 Å². The molecule has 0 bridgehead atoms. The van der Waals surface area contributed by atoms with Crippen LogP contribution in [-0.4, -0.2) is 110 Å². The van der Waals surface area contributed by atoms with Gasteiger partial charge in [-0.05, 0) is 62.1 Å². The minimum Gasteiger partial charge on any atom is -0.457 e. The molecular formula is C31H43F2N3O7S. The number of amides is 1. The van der Waals surface area contributed by atoms with Crippen LogP contribution < -0.4 is 0 Å². The molecule has 0 aromatic heterocycles. The number of carbonyl (C=O) groups excluding carboxylic acids is 2. The van der Waals surface area contributed by atoms with E-state index in [1.807, 2.05) is 27.0 Å². The molecule has 3 aliphatic heterocycles. The highest BCUT2D eigenvalue weighted by Crippen LogP contribution is 2.33. The molecule has 0 unspecified atom stereocenters. The van der Waals surface area contributed by atoms with Crippen molar-refractivity contribution >= 4 is 28.2 Å². The Kier molecular flexibility index (Phi) is 10.9. The standard InChI is InChI=1S/C31H43F2N3O7S/c1-21-8-10-25(37)18-28(38)43-29(22(2)9-11-27(21)42-30(39)35-14-12-34(4)13-15-35)23(3)16-24-6-5-7-26(17-24)44(40,41)36-19-31(32,33)20-36/h5-7,9,11,16-17,21-22,25,27,29,37H,8,10,12-15,18-20H2,1-4H3/b11-9+,23-16+/t21-,22-,25+,27-,29-/m0/s1. The van der Waals surface area contributed by atoms with Gasteiger partial charge in [-0.25, -0.2) is 22.0 Å². The van der Waals surface area contributed by atoms with Crippen LogP contribution >= 0.6 is 0 Å². The minimum absolute atomic E-state index is 0.111. The predicted molar refractivity (Wildman–Crippen MR) is 160 cm³/mol. The highest BCUT2D eigenvalue weighted by molar-refractivity contribution is 7.89. The summed E-state index contributed by atoms with van der Waals surface area (Å²) >= 11 is 0. The Morgan fingerprint density at radius 1 is 1.11 bits per heavy atom. The molecule has 0 radical (unpaired) electrons. The highest BCUT2D eigenvalue weighted by atomic mass is 32.2. The van der Waals surface area contributed by atoms with Crippen molar-refractivity contribution in [1.82, 2.24) is 14.1 Å². The van der Waals surface area contributed by atoms with Crippen LogP contribution in [0.3, 0.4) is 0 Å². The summed E-state index contributed by atoms with van der Waals surface area (Å²) in [5.41, 5.74) is 1.09.